The molecule has 1 aromatic heterocycles. The minimum absolute atomic E-state index is 0.286. The van der Waals surface area contributed by atoms with Gasteiger partial charge in [-0.25, -0.2) is 9.53 Å². The van der Waals surface area contributed by atoms with Crippen LogP contribution < -0.4 is 11.4 Å². The summed E-state index contributed by atoms with van der Waals surface area (Å²) in [5, 5.41) is 0.614. The molecular weight excluding hydrogens is 204 g/mol. The minimum atomic E-state index is -0.286. The molecule has 16 heavy (non-hydrogen) atoms. The van der Waals surface area contributed by atoms with Crippen LogP contribution in [0.25, 0.3) is 10.9 Å². The van der Waals surface area contributed by atoms with Gasteiger partial charge in [0, 0.05) is 6.54 Å². The molecule has 0 saturated carbocycles. The quantitative estimate of drug-likeness (QED) is 0.856. The lowest BCUT2D eigenvalue weighted by atomic mass is 10.1. The number of aromatic nitrogens is 1. The van der Waals surface area contributed by atoms with E-state index in [-0.39, 0.29) is 5.63 Å². The molecule has 2 N–H and O–H groups in total. The molecule has 4 nitrogen and oxygen atoms in total. The number of hydrogen-bond acceptors (Lipinski definition) is 3. The van der Waals surface area contributed by atoms with Crippen molar-refractivity contribution in [1.29, 1.82) is 0 Å². The summed E-state index contributed by atoms with van der Waals surface area (Å²) in [5.74, 6) is 0.421. The molecule has 2 aromatic rings. The summed E-state index contributed by atoms with van der Waals surface area (Å²) in [5.41, 5.74) is 7.17. The summed E-state index contributed by atoms with van der Waals surface area (Å²) >= 11 is 0. The van der Waals surface area contributed by atoms with Crippen LogP contribution in [0.1, 0.15) is 19.4 Å². The molecule has 86 valence electrons. The predicted octanol–water partition coefficient (Wildman–Crippen LogP) is 1.71. The van der Waals surface area contributed by atoms with Gasteiger partial charge in [-0.1, -0.05) is 26.0 Å². The van der Waals surface area contributed by atoms with Crippen LogP contribution in [0.4, 0.5) is 0 Å². The predicted molar refractivity (Wildman–Crippen MR) is 63.2 cm³/mol. The molecule has 0 bridgehead atoms. The standard InChI is InChI=1S/C12H16N2O2/c1-8(2)7-14-11-9(6-13)4-3-5-10(11)12(15)16-14/h3-5,8H,6-7,13H2,1-2H3. The number of nitrogens with two attached hydrogens (primary N) is 1. The van der Waals surface area contributed by atoms with Crippen molar-refractivity contribution in [3.63, 3.8) is 0 Å². The zero-order valence-electron chi connectivity index (χ0n) is 9.56. The van der Waals surface area contributed by atoms with Crippen molar-refractivity contribution in [3.05, 3.63) is 34.2 Å². The van der Waals surface area contributed by atoms with Crippen LogP contribution in [0.3, 0.4) is 0 Å². The SMILES string of the molecule is CC(C)Cn1oc(=O)c2cccc(CN)c21. The van der Waals surface area contributed by atoms with Gasteiger partial charge in [-0.05, 0) is 17.5 Å². The fourth-order valence-electron chi connectivity index (χ4n) is 1.87. The van der Waals surface area contributed by atoms with Crippen LogP contribution in [0, 0.1) is 5.92 Å². The maximum atomic E-state index is 11.6. The highest BCUT2D eigenvalue weighted by Gasteiger charge is 2.12. The van der Waals surface area contributed by atoms with Crippen LogP contribution in [0.2, 0.25) is 0 Å². The van der Waals surface area contributed by atoms with Crippen LogP contribution in [-0.4, -0.2) is 4.74 Å². The second kappa shape index (κ2) is 4.14. The molecule has 0 aliphatic heterocycles. The Labute approximate surface area is 93.6 Å². The summed E-state index contributed by atoms with van der Waals surface area (Å²) in [6.07, 6.45) is 0. The molecule has 1 heterocycles. The number of nitrogens with zero attached hydrogens (tertiary/aromatic N) is 1. The van der Waals surface area contributed by atoms with Gasteiger partial charge < -0.3 is 10.3 Å². The molecule has 2 rings (SSSR count). The van der Waals surface area contributed by atoms with E-state index in [1.54, 1.807) is 10.8 Å². The van der Waals surface area contributed by atoms with E-state index in [0.717, 1.165) is 11.1 Å². The molecule has 0 atom stereocenters. The van der Waals surface area contributed by atoms with Gasteiger partial charge in [-0.3, -0.25) is 0 Å². The summed E-state index contributed by atoms with van der Waals surface area (Å²) in [6.45, 7) is 5.26. The molecule has 0 radical (unpaired) electrons. The lowest BCUT2D eigenvalue weighted by Gasteiger charge is -2.07. The number of benzene rings is 1. The molecular formula is C12H16N2O2. The van der Waals surface area contributed by atoms with Gasteiger partial charge in [0.1, 0.15) is 0 Å². The van der Waals surface area contributed by atoms with Crippen molar-refractivity contribution >= 4 is 10.9 Å². The zero-order valence-corrected chi connectivity index (χ0v) is 9.56. The second-order valence-electron chi connectivity index (χ2n) is 4.35. The van der Waals surface area contributed by atoms with E-state index in [1.807, 2.05) is 12.1 Å². The maximum Gasteiger partial charge on any atom is 0.365 e. The Morgan fingerprint density at radius 2 is 2.19 bits per heavy atom. The highest BCUT2D eigenvalue weighted by atomic mass is 16.5. The lowest BCUT2D eigenvalue weighted by Crippen LogP contribution is -2.06. The Kier molecular flexibility index (Phi) is 2.83. The normalized spacial score (nSPS) is 11.5. The first kappa shape index (κ1) is 11.0. The van der Waals surface area contributed by atoms with Crippen molar-refractivity contribution in [2.45, 2.75) is 26.9 Å². The first-order chi connectivity index (χ1) is 7.63. The van der Waals surface area contributed by atoms with Crippen molar-refractivity contribution in [2.75, 3.05) is 0 Å². The number of fused-ring (bicyclic) bond motifs is 1. The third-order valence-electron chi connectivity index (χ3n) is 2.53. The summed E-state index contributed by atoms with van der Waals surface area (Å²) < 4.78 is 6.88. The molecule has 0 aliphatic rings. The number of rotatable bonds is 3. The molecule has 0 spiro atoms. The molecule has 0 unspecified atom stereocenters. The molecule has 0 aliphatic carbocycles. The average Bonchev–Trinajstić information content (AvgIpc) is 2.55. The van der Waals surface area contributed by atoms with E-state index in [9.17, 15) is 4.79 Å². The molecule has 1 aromatic carbocycles. The van der Waals surface area contributed by atoms with Gasteiger partial charge in [0.25, 0.3) is 0 Å². The van der Waals surface area contributed by atoms with Gasteiger partial charge >= 0.3 is 5.63 Å². The molecule has 0 amide bonds. The van der Waals surface area contributed by atoms with Crippen molar-refractivity contribution in [3.8, 4) is 0 Å². The summed E-state index contributed by atoms with van der Waals surface area (Å²) in [6, 6.07) is 5.53. The fourth-order valence-corrected chi connectivity index (χ4v) is 1.87. The Balaban J connectivity index is 2.69. The van der Waals surface area contributed by atoms with Gasteiger partial charge in [-0.2, -0.15) is 0 Å². The van der Waals surface area contributed by atoms with Crippen LogP contribution >= 0.6 is 0 Å². The monoisotopic (exact) mass is 220 g/mol. The smallest absolute Gasteiger partial charge is 0.335 e. The summed E-state index contributed by atoms with van der Waals surface area (Å²) in [4.78, 5) is 11.6. The van der Waals surface area contributed by atoms with Crippen LogP contribution in [-0.2, 0) is 13.1 Å². The van der Waals surface area contributed by atoms with E-state index in [0.29, 0.717) is 24.4 Å². The van der Waals surface area contributed by atoms with E-state index < -0.39 is 0 Å². The van der Waals surface area contributed by atoms with E-state index in [2.05, 4.69) is 13.8 Å². The fraction of sp³-hybridized carbons (Fsp3) is 0.417. The largest absolute Gasteiger partial charge is 0.365 e. The van der Waals surface area contributed by atoms with Gasteiger partial charge in [0.15, 0.2) is 0 Å². The van der Waals surface area contributed by atoms with Crippen LogP contribution in [0.5, 0.6) is 0 Å². The Hall–Kier alpha value is -1.55. The Morgan fingerprint density at radius 3 is 2.81 bits per heavy atom. The molecule has 0 saturated heterocycles. The third kappa shape index (κ3) is 1.76. The van der Waals surface area contributed by atoms with Gasteiger partial charge in [0.2, 0.25) is 0 Å². The highest BCUT2D eigenvalue weighted by Crippen LogP contribution is 2.17. The maximum absolute atomic E-state index is 11.6. The number of hydrogen-bond donors (Lipinski definition) is 1. The topological polar surface area (TPSA) is 61.2 Å². The van der Waals surface area contributed by atoms with Crippen molar-refractivity contribution in [1.82, 2.24) is 4.74 Å². The average molecular weight is 220 g/mol. The van der Waals surface area contributed by atoms with E-state index in [1.165, 1.54) is 0 Å². The lowest BCUT2D eigenvalue weighted by molar-refractivity contribution is 0.238. The van der Waals surface area contributed by atoms with Gasteiger partial charge in [-0.15, -0.1) is 0 Å². The van der Waals surface area contributed by atoms with E-state index in [4.69, 9.17) is 10.3 Å². The van der Waals surface area contributed by atoms with Crippen molar-refractivity contribution < 1.29 is 4.52 Å². The number of para-hydroxylation sites is 1. The molecule has 0 fully saturated rings. The summed E-state index contributed by atoms with van der Waals surface area (Å²) in [7, 11) is 0. The zero-order chi connectivity index (χ0) is 11.7. The highest BCUT2D eigenvalue weighted by molar-refractivity contribution is 5.81. The Morgan fingerprint density at radius 1 is 1.44 bits per heavy atom. The Bertz CT molecular complexity index is 552. The van der Waals surface area contributed by atoms with Crippen LogP contribution in [0.15, 0.2) is 27.5 Å². The second-order valence-corrected chi connectivity index (χ2v) is 4.35. The van der Waals surface area contributed by atoms with Crippen molar-refractivity contribution in [2.24, 2.45) is 11.7 Å². The van der Waals surface area contributed by atoms with E-state index >= 15 is 0 Å². The first-order valence-corrected chi connectivity index (χ1v) is 5.45. The van der Waals surface area contributed by atoms with Gasteiger partial charge in [0.05, 0.1) is 17.4 Å². The minimum Gasteiger partial charge on any atom is -0.335 e. The first-order valence-electron chi connectivity index (χ1n) is 5.45. The third-order valence-corrected chi connectivity index (χ3v) is 2.53. The molecule has 4 heteroatoms.